The van der Waals surface area contributed by atoms with Crippen molar-refractivity contribution in [3.8, 4) is 5.88 Å². The minimum absolute atomic E-state index is 0.000880. The van der Waals surface area contributed by atoms with Crippen LogP contribution >= 0.6 is 11.6 Å². The van der Waals surface area contributed by atoms with E-state index in [9.17, 15) is 8.78 Å². The van der Waals surface area contributed by atoms with E-state index in [0.29, 0.717) is 11.0 Å². The molecule has 2 heterocycles. The van der Waals surface area contributed by atoms with E-state index in [-0.39, 0.29) is 11.2 Å². The Morgan fingerprint density at radius 1 is 1.47 bits per heavy atom. The van der Waals surface area contributed by atoms with Crippen LogP contribution in [0.4, 0.5) is 8.78 Å². The number of nitrogens with zero attached hydrogens (tertiary/aromatic N) is 3. The molecule has 2 rings (SSSR count). The van der Waals surface area contributed by atoms with E-state index in [2.05, 4.69) is 20.2 Å². The summed E-state index contributed by atoms with van der Waals surface area (Å²) >= 11 is 5.56. The molecule has 0 bridgehead atoms. The molecule has 80 valence electrons. The molecule has 2 aromatic heterocycles. The Labute approximate surface area is 87.4 Å². The molecule has 0 aliphatic heterocycles. The van der Waals surface area contributed by atoms with Crippen molar-refractivity contribution in [2.24, 2.45) is 0 Å². The lowest BCUT2D eigenvalue weighted by Crippen LogP contribution is -2.08. The summed E-state index contributed by atoms with van der Waals surface area (Å²) in [6.07, 6.45) is -1.19. The van der Waals surface area contributed by atoms with Crippen LogP contribution in [0.25, 0.3) is 11.0 Å². The zero-order valence-electron chi connectivity index (χ0n) is 7.25. The Hall–Kier alpha value is -1.50. The molecule has 0 amide bonds. The molecule has 0 aromatic carbocycles. The molecule has 5 nitrogen and oxygen atoms in total. The lowest BCUT2D eigenvalue weighted by atomic mass is 10.4. The zero-order chi connectivity index (χ0) is 10.8. The molecule has 0 atom stereocenters. The quantitative estimate of drug-likeness (QED) is 0.821. The third-order valence-electron chi connectivity index (χ3n) is 1.59. The number of ether oxygens (including phenoxy) is 1. The maximum Gasteiger partial charge on any atom is 0.272 e. The van der Waals surface area contributed by atoms with Crippen LogP contribution in [-0.2, 0) is 0 Å². The molecule has 0 aliphatic carbocycles. The van der Waals surface area contributed by atoms with Crippen molar-refractivity contribution in [1.82, 2.24) is 20.2 Å². The minimum atomic E-state index is -2.57. The molecular weight excluding hydrogens is 230 g/mol. The first-order valence-electron chi connectivity index (χ1n) is 3.94. The van der Waals surface area contributed by atoms with Crippen molar-refractivity contribution in [1.29, 1.82) is 0 Å². The fraction of sp³-hybridized carbons (Fsp3) is 0.286. The monoisotopic (exact) mass is 234 g/mol. The molecule has 0 radical (unpaired) electrons. The Balaban J connectivity index is 2.35. The number of hydrogen-bond acceptors (Lipinski definition) is 4. The second kappa shape index (κ2) is 3.93. The van der Waals surface area contributed by atoms with E-state index < -0.39 is 13.0 Å². The van der Waals surface area contributed by atoms with E-state index in [1.54, 1.807) is 0 Å². The van der Waals surface area contributed by atoms with E-state index in [1.807, 2.05) is 0 Å². The normalized spacial score (nSPS) is 11.2. The highest BCUT2D eigenvalue weighted by atomic mass is 35.5. The number of hydrogen-bond donors (Lipinski definition) is 1. The predicted molar refractivity (Wildman–Crippen MR) is 48.2 cm³/mol. The van der Waals surface area contributed by atoms with Gasteiger partial charge in [0.1, 0.15) is 5.39 Å². The summed E-state index contributed by atoms with van der Waals surface area (Å²) < 4.78 is 28.6. The van der Waals surface area contributed by atoms with Gasteiger partial charge < -0.3 is 4.74 Å². The number of fused-ring (bicyclic) bond motifs is 1. The molecule has 1 N–H and O–H groups in total. The van der Waals surface area contributed by atoms with Gasteiger partial charge in [0.2, 0.25) is 11.2 Å². The smallest absolute Gasteiger partial charge is 0.272 e. The third-order valence-corrected chi connectivity index (χ3v) is 1.76. The van der Waals surface area contributed by atoms with Crippen LogP contribution in [0.15, 0.2) is 6.20 Å². The van der Waals surface area contributed by atoms with Crippen molar-refractivity contribution < 1.29 is 13.5 Å². The van der Waals surface area contributed by atoms with Crippen LogP contribution in [0.5, 0.6) is 5.88 Å². The van der Waals surface area contributed by atoms with Gasteiger partial charge in [-0.05, 0) is 11.6 Å². The first kappa shape index (κ1) is 10.0. The van der Waals surface area contributed by atoms with E-state index in [1.165, 1.54) is 6.20 Å². The topological polar surface area (TPSA) is 63.7 Å². The predicted octanol–water partition coefficient (Wildman–Crippen LogP) is 1.65. The minimum Gasteiger partial charge on any atom is -0.471 e. The van der Waals surface area contributed by atoms with E-state index >= 15 is 0 Å². The molecule has 2 aromatic rings. The summed E-state index contributed by atoms with van der Waals surface area (Å²) in [6.45, 7) is -0.742. The third kappa shape index (κ3) is 2.12. The Kier molecular flexibility index (Phi) is 2.63. The maximum atomic E-state index is 11.9. The molecule has 0 saturated carbocycles. The first-order chi connectivity index (χ1) is 7.16. The van der Waals surface area contributed by atoms with Gasteiger partial charge in [0.05, 0.1) is 6.20 Å². The SMILES string of the molecule is FC(F)COc1nc(Cl)nc2[nH]ncc12. The highest BCUT2D eigenvalue weighted by molar-refractivity contribution is 6.28. The largest absolute Gasteiger partial charge is 0.471 e. The number of rotatable bonds is 3. The molecule has 8 heteroatoms. The molecule has 0 fully saturated rings. The Morgan fingerprint density at radius 2 is 2.27 bits per heavy atom. The fourth-order valence-corrected chi connectivity index (χ4v) is 1.20. The Morgan fingerprint density at radius 3 is 3.00 bits per heavy atom. The van der Waals surface area contributed by atoms with Crippen molar-refractivity contribution in [2.75, 3.05) is 6.61 Å². The Bertz CT molecular complexity index is 475. The van der Waals surface area contributed by atoms with Crippen LogP contribution in [0, 0.1) is 0 Å². The average molecular weight is 235 g/mol. The van der Waals surface area contributed by atoms with Crippen LogP contribution in [0.3, 0.4) is 0 Å². The number of aromatic nitrogens is 4. The summed E-state index contributed by atoms with van der Waals surface area (Å²) in [5.41, 5.74) is 0.347. The molecular formula is C7H5ClF2N4O. The van der Waals surface area contributed by atoms with Gasteiger partial charge in [-0.3, -0.25) is 5.10 Å². The number of alkyl halides is 2. The second-order valence-electron chi connectivity index (χ2n) is 2.63. The summed E-state index contributed by atoms with van der Waals surface area (Å²) in [5.74, 6) is -0.000880. The number of halogens is 3. The van der Waals surface area contributed by atoms with Gasteiger partial charge in [-0.25, -0.2) is 8.78 Å². The van der Waals surface area contributed by atoms with Gasteiger partial charge in [0.15, 0.2) is 12.3 Å². The van der Waals surface area contributed by atoms with Crippen LogP contribution in [-0.4, -0.2) is 33.2 Å². The lowest BCUT2D eigenvalue weighted by molar-refractivity contribution is 0.0804. The summed E-state index contributed by atoms with van der Waals surface area (Å²) in [5, 5.41) is 6.54. The average Bonchev–Trinajstić information content (AvgIpc) is 2.61. The van der Waals surface area contributed by atoms with Crippen molar-refractivity contribution >= 4 is 22.6 Å². The molecule has 0 saturated heterocycles. The summed E-state index contributed by atoms with van der Waals surface area (Å²) in [4.78, 5) is 7.48. The van der Waals surface area contributed by atoms with Crippen molar-refractivity contribution in [3.63, 3.8) is 0 Å². The van der Waals surface area contributed by atoms with E-state index in [4.69, 9.17) is 16.3 Å². The number of nitrogens with one attached hydrogen (secondary N) is 1. The van der Waals surface area contributed by atoms with Gasteiger partial charge in [0.25, 0.3) is 6.43 Å². The van der Waals surface area contributed by atoms with Crippen molar-refractivity contribution in [2.45, 2.75) is 6.43 Å². The van der Waals surface area contributed by atoms with Crippen LogP contribution in [0.1, 0.15) is 0 Å². The summed E-state index contributed by atoms with van der Waals surface area (Å²) in [6, 6.07) is 0. The molecule has 0 spiro atoms. The van der Waals surface area contributed by atoms with Gasteiger partial charge in [-0.2, -0.15) is 15.1 Å². The second-order valence-corrected chi connectivity index (χ2v) is 2.97. The zero-order valence-corrected chi connectivity index (χ0v) is 8.00. The van der Waals surface area contributed by atoms with Crippen LogP contribution < -0.4 is 4.74 Å². The highest BCUT2D eigenvalue weighted by Crippen LogP contribution is 2.22. The maximum absolute atomic E-state index is 11.9. The number of H-pyrrole nitrogens is 1. The van der Waals surface area contributed by atoms with Gasteiger partial charge >= 0.3 is 0 Å². The van der Waals surface area contributed by atoms with Gasteiger partial charge in [0, 0.05) is 0 Å². The molecule has 0 unspecified atom stereocenters. The molecule has 15 heavy (non-hydrogen) atoms. The highest BCUT2D eigenvalue weighted by Gasteiger charge is 2.11. The fourth-order valence-electron chi connectivity index (χ4n) is 1.03. The van der Waals surface area contributed by atoms with Crippen LogP contribution in [0.2, 0.25) is 5.28 Å². The van der Waals surface area contributed by atoms with Gasteiger partial charge in [-0.15, -0.1) is 0 Å². The summed E-state index contributed by atoms with van der Waals surface area (Å²) in [7, 11) is 0. The first-order valence-corrected chi connectivity index (χ1v) is 4.32. The molecule has 0 aliphatic rings. The van der Waals surface area contributed by atoms with E-state index in [0.717, 1.165) is 0 Å². The lowest BCUT2D eigenvalue weighted by Gasteiger charge is -2.04. The number of aromatic amines is 1. The standard InChI is InChI=1S/C7H5ClF2N4O/c8-7-12-5-3(1-11-14-5)6(13-7)15-2-4(9)10/h1,4H,2H2,(H,11,12,13,14). The van der Waals surface area contributed by atoms with Crippen molar-refractivity contribution in [3.05, 3.63) is 11.5 Å². The van der Waals surface area contributed by atoms with Gasteiger partial charge in [-0.1, -0.05) is 0 Å².